The molecular formula is C18H15IN2O3S2. The van der Waals surface area contributed by atoms with Crippen LogP contribution in [0.3, 0.4) is 0 Å². The van der Waals surface area contributed by atoms with Gasteiger partial charge in [-0.15, -0.1) is 11.3 Å². The quantitative estimate of drug-likeness (QED) is 0.501. The van der Waals surface area contributed by atoms with E-state index in [0.29, 0.717) is 16.9 Å². The van der Waals surface area contributed by atoms with Crippen molar-refractivity contribution in [2.75, 3.05) is 10.0 Å². The number of amides is 1. The van der Waals surface area contributed by atoms with Gasteiger partial charge in [0.25, 0.3) is 15.9 Å². The number of carbonyl (C=O) groups excluding carboxylic acids is 1. The fraction of sp³-hybridized carbons (Fsp3) is 0.0556. The summed E-state index contributed by atoms with van der Waals surface area (Å²) in [5.41, 5.74) is 2.71. The highest BCUT2D eigenvalue weighted by Gasteiger charge is 2.15. The summed E-state index contributed by atoms with van der Waals surface area (Å²) in [6.07, 6.45) is 0. The van der Waals surface area contributed by atoms with Gasteiger partial charge in [0.05, 0.1) is 0 Å². The van der Waals surface area contributed by atoms with Crippen LogP contribution in [0, 0.1) is 10.5 Å². The van der Waals surface area contributed by atoms with E-state index in [-0.39, 0.29) is 10.1 Å². The molecule has 0 spiro atoms. The summed E-state index contributed by atoms with van der Waals surface area (Å²) >= 11 is 3.36. The molecule has 26 heavy (non-hydrogen) atoms. The molecule has 134 valence electrons. The molecule has 3 aromatic rings. The van der Waals surface area contributed by atoms with Gasteiger partial charge in [0.15, 0.2) is 0 Å². The molecule has 3 rings (SSSR count). The second-order valence-electron chi connectivity index (χ2n) is 5.53. The van der Waals surface area contributed by atoms with E-state index in [9.17, 15) is 13.2 Å². The van der Waals surface area contributed by atoms with E-state index in [1.165, 1.54) is 6.07 Å². The van der Waals surface area contributed by atoms with E-state index >= 15 is 0 Å². The molecule has 0 radical (unpaired) electrons. The van der Waals surface area contributed by atoms with Crippen molar-refractivity contribution < 1.29 is 13.2 Å². The van der Waals surface area contributed by atoms with Gasteiger partial charge in [0.1, 0.15) is 4.21 Å². The highest BCUT2D eigenvalue weighted by molar-refractivity contribution is 14.1. The Morgan fingerprint density at radius 2 is 1.73 bits per heavy atom. The number of sulfonamides is 1. The first-order valence-electron chi connectivity index (χ1n) is 7.59. The van der Waals surface area contributed by atoms with E-state index in [2.05, 4.69) is 32.6 Å². The van der Waals surface area contributed by atoms with Crippen molar-refractivity contribution in [3.05, 3.63) is 74.7 Å². The lowest BCUT2D eigenvalue weighted by Gasteiger charge is -2.09. The first kappa shape index (κ1) is 18.9. The third-order valence-electron chi connectivity index (χ3n) is 3.59. The SMILES string of the molecule is Cc1ccc(NC(=O)c2ccc(NS(=O)(=O)c3cccs3)cc2)cc1I. The maximum atomic E-state index is 12.3. The molecule has 0 bridgehead atoms. The van der Waals surface area contributed by atoms with Crippen LogP contribution in [-0.2, 0) is 10.0 Å². The third-order valence-corrected chi connectivity index (χ3v) is 7.53. The summed E-state index contributed by atoms with van der Waals surface area (Å²) < 4.78 is 28.2. The van der Waals surface area contributed by atoms with Crippen molar-refractivity contribution in [1.29, 1.82) is 0 Å². The highest BCUT2D eigenvalue weighted by atomic mass is 127. The molecular weight excluding hydrogens is 483 g/mol. The fourth-order valence-corrected chi connectivity index (χ4v) is 4.75. The highest BCUT2D eigenvalue weighted by Crippen LogP contribution is 2.21. The minimum Gasteiger partial charge on any atom is -0.322 e. The average Bonchev–Trinajstić information content (AvgIpc) is 3.14. The number of rotatable bonds is 5. The minimum absolute atomic E-state index is 0.244. The van der Waals surface area contributed by atoms with E-state index in [1.54, 1.807) is 35.7 Å². The predicted octanol–water partition coefficient (Wildman–Crippen LogP) is 4.71. The van der Waals surface area contributed by atoms with E-state index in [1.807, 2.05) is 25.1 Å². The Hall–Kier alpha value is -1.91. The zero-order valence-electron chi connectivity index (χ0n) is 13.7. The summed E-state index contributed by atoms with van der Waals surface area (Å²) in [5, 5.41) is 4.54. The zero-order chi connectivity index (χ0) is 18.7. The maximum Gasteiger partial charge on any atom is 0.271 e. The zero-order valence-corrected chi connectivity index (χ0v) is 17.5. The molecule has 0 unspecified atom stereocenters. The van der Waals surface area contributed by atoms with E-state index in [4.69, 9.17) is 0 Å². The largest absolute Gasteiger partial charge is 0.322 e. The van der Waals surface area contributed by atoms with Gasteiger partial charge in [0.2, 0.25) is 0 Å². The molecule has 0 aliphatic heterocycles. The fourth-order valence-electron chi connectivity index (χ4n) is 2.19. The number of hydrogen-bond acceptors (Lipinski definition) is 4. The van der Waals surface area contributed by atoms with Crippen LogP contribution in [0.1, 0.15) is 15.9 Å². The van der Waals surface area contributed by atoms with Crippen molar-refractivity contribution >= 4 is 61.2 Å². The van der Waals surface area contributed by atoms with Gasteiger partial charge in [-0.1, -0.05) is 12.1 Å². The van der Waals surface area contributed by atoms with Crippen LogP contribution in [0.4, 0.5) is 11.4 Å². The average molecular weight is 498 g/mol. The Morgan fingerprint density at radius 1 is 1.04 bits per heavy atom. The van der Waals surface area contributed by atoms with Crippen LogP contribution < -0.4 is 10.0 Å². The van der Waals surface area contributed by atoms with Gasteiger partial charge in [-0.2, -0.15) is 0 Å². The smallest absolute Gasteiger partial charge is 0.271 e. The van der Waals surface area contributed by atoms with Crippen LogP contribution in [0.15, 0.2) is 64.2 Å². The van der Waals surface area contributed by atoms with E-state index < -0.39 is 10.0 Å². The molecule has 5 nitrogen and oxygen atoms in total. The van der Waals surface area contributed by atoms with Gasteiger partial charge in [-0.05, 0) is 82.9 Å². The number of thiophene rings is 1. The Balaban J connectivity index is 1.71. The first-order valence-corrected chi connectivity index (χ1v) is 11.0. The number of benzene rings is 2. The Bertz CT molecular complexity index is 1030. The van der Waals surface area contributed by atoms with Crippen LogP contribution in [-0.4, -0.2) is 14.3 Å². The van der Waals surface area contributed by atoms with Gasteiger partial charge < -0.3 is 5.32 Å². The number of anilines is 2. The number of carbonyl (C=O) groups is 1. The molecule has 2 N–H and O–H groups in total. The Morgan fingerprint density at radius 3 is 2.35 bits per heavy atom. The van der Waals surface area contributed by atoms with Crippen molar-refractivity contribution in [2.45, 2.75) is 11.1 Å². The third kappa shape index (κ3) is 4.43. The molecule has 1 amide bonds. The van der Waals surface area contributed by atoms with Crippen molar-refractivity contribution in [1.82, 2.24) is 0 Å². The molecule has 1 heterocycles. The van der Waals surface area contributed by atoms with Gasteiger partial charge in [-0.3, -0.25) is 9.52 Å². The minimum atomic E-state index is -3.59. The molecule has 1 aromatic heterocycles. The topological polar surface area (TPSA) is 75.3 Å². The molecule has 0 aliphatic rings. The lowest BCUT2D eigenvalue weighted by molar-refractivity contribution is 0.102. The monoisotopic (exact) mass is 498 g/mol. The summed E-state index contributed by atoms with van der Waals surface area (Å²) in [4.78, 5) is 12.3. The second kappa shape index (κ2) is 7.77. The van der Waals surface area contributed by atoms with Crippen molar-refractivity contribution in [2.24, 2.45) is 0 Å². The molecule has 0 fully saturated rings. The van der Waals surface area contributed by atoms with Crippen LogP contribution >= 0.6 is 33.9 Å². The number of aryl methyl sites for hydroxylation is 1. The standard InChI is InChI=1S/C18H15IN2O3S2/c1-12-4-7-15(11-16(12)19)20-18(22)13-5-8-14(9-6-13)21-26(23,24)17-3-2-10-25-17/h2-11,21H,1H3,(H,20,22). The molecule has 0 atom stereocenters. The normalized spacial score (nSPS) is 11.2. The molecule has 0 saturated carbocycles. The Labute approximate surface area is 169 Å². The number of nitrogens with one attached hydrogen (secondary N) is 2. The van der Waals surface area contributed by atoms with Gasteiger partial charge >= 0.3 is 0 Å². The van der Waals surface area contributed by atoms with Crippen LogP contribution in [0.2, 0.25) is 0 Å². The predicted molar refractivity (Wildman–Crippen MR) is 113 cm³/mol. The summed E-state index contributed by atoms with van der Waals surface area (Å²) in [7, 11) is -3.59. The number of hydrogen-bond donors (Lipinski definition) is 2. The van der Waals surface area contributed by atoms with Crippen LogP contribution in [0.5, 0.6) is 0 Å². The Kier molecular flexibility index (Phi) is 5.64. The molecule has 0 aliphatic carbocycles. The maximum absolute atomic E-state index is 12.3. The van der Waals surface area contributed by atoms with E-state index in [0.717, 1.165) is 20.5 Å². The summed E-state index contributed by atoms with van der Waals surface area (Å²) in [6.45, 7) is 2.00. The number of halogens is 1. The van der Waals surface area contributed by atoms with Crippen LogP contribution in [0.25, 0.3) is 0 Å². The van der Waals surface area contributed by atoms with Gasteiger partial charge in [0, 0.05) is 20.5 Å². The lowest BCUT2D eigenvalue weighted by Crippen LogP contribution is -2.13. The molecule has 8 heteroatoms. The summed E-state index contributed by atoms with van der Waals surface area (Å²) in [5.74, 6) is -0.252. The van der Waals surface area contributed by atoms with Crippen molar-refractivity contribution in [3.8, 4) is 0 Å². The van der Waals surface area contributed by atoms with Gasteiger partial charge in [-0.25, -0.2) is 8.42 Å². The first-order chi connectivity index (χ1) is 12.3. The molecule has 2 aromatic carbocycles. The van der Waals surface area contributed by atoms with Crippen molar-refractivity contribution in [3.63, 3.8) is 0 Å². The second-order valence-corrected chi connectivity index (χ2v) is 9.55. The summed E-state index contributed by atoms with van der Waals surface area (Å²) in [6, 6.07) is 15.2. The lowest BCUT2D eigenvalue weighted by atomic mass is 10.2. The molecule has 0 saturated heterocycles.